The van der Waals surface area contributed by atoms with Gasteiger partial charge < -0.3 is 9.84 Å². The lowest BCUT2D eigenvalue weighted by atomic mass is 9.86. The molecule has 0 spiro atoms. The van der Waals surface area contributed by atoms with Gasteiger partial charge in [0, 0.05) is 0 Å². The SMILES string of the molecule is CC(C)C[C@@H](C(=O)O)c1cc(OCC(F)(F)F)c(C(F)(F)F)c(-c2ccc3nonc3c2)c1. The van der Waals surface area contributed by atoms with E-state index in [1.807, 2.05) is 0 Å². The molecule has 178 valence electrons. The fourth-order valence-electron chi connectivity index (χ4n) is 3.43. The summed E-state index contributed by atoms with van der Waals surface area (Å²) in [6, 6.07) is 5.53. The number of hydrogen-bond acceptors (Lipinski definition) is 5. The first-order valence-electron chi connectivity index (χ1n) is 9.66. The van der Waals surface area contributed by atoms with Gasteiger partial charge in [-0.3, -0.25) is 4.79 Å². The highest BCUT2D eigenvalue weighted by molar-refractivity contribution is 5.84. The molecule has 1 atom stereocenters. The van der Waals surface area contributed by atoms with Crippen molar-refractivity contribution >= 4 is 17.0 Å². The Morgan fingerprint density at radius 1 is 1.06 bits per heavy atom. The number of ether oxygens (including phenoxy) is 1. The quantitative estimate of drug-likeness (QED) is 0.417. The van der Waals surface area contributed by atoms with Gasteiger partial charge in [-0.25, -0.2) is 4.63 Å². The van der Waals surface area contributed by atoms with Crippen molar-refractivity contribution in [3.8, 4) is 16.9 Å². The molecule has 0 fully saturated rings. The maximum atomic E-state index is 14.0. The topological polar surface area (TPSA) is 85.5 Å². The zero-order valence-corrected chi connectivity index (χ0v) is 17.3. The third kappa shape index (κ3) is 5.74. The maximum absolute atomic E-state index is 14.0. The molecule has 1 heterocycles. The number of alkyl halides is 6. The fraction of sp³-hybridized carbons (Fsp3) is 0.381. The van der Waals surface area contributed by atoms with Crippen LogP contribution in [0, 0.1) is 5.92 Å². The number of nitrogens with zero attached hydrogens (tertiary/aromatic N) is 2. The van der Waals surface area contributed by atoms with Crippen molar-refractivity contribution in [2.45, 2.75) is 38.5 Å². The summed E-state index contributed by atoms with van der Waals surface area (Å²) < 4.78 is 89.5. The molecule has 2 aromatic carbocycles. The van der Waals surface area contributed by atoms with E-state index < -0.39 is 47.7 Å². The van der Waals surface area contributed by atoms with Crippen LogP contribution in [-0.2, 0) is 11.0 Å². The average molecular weight is 476 g/mol. The van der Waals surface area contributed by atoms with E-state index >= 15 is 0 Å². The molecule has 1 N–H and O–H groups in total. The molecule has 6 nitrogen and oxygen atoms in total. The molecule has 0 aliphatic rings. The number of carbonyl (C=O) groups is 1. The van der Waals surface area contributed by atoms with Crippen LogP contribution in [0.4, 0.5) is 26.3 Å². The van der Waals surface area contributed by atoms with Crippen molar-refractivity contribution in [3.05, 3.63) is 41.5 Å². The highest BCUT2D eigenvalue weighted by Gasteiger charge is 2.40. The molecule has 1 aromatic heterocycles. The van der Waals surface area contributed by atoms with Crippen molar-refractivity contribution in [1.29, 1.82) is 0 Å². The summed E-state index contributed by atoms with van der Waals surface area (Å²) in [6.45, 7) is 1.45. The fourth-order valence-corrected chi connectivity index (χ4v) is 3.43. The number of hydrogen-bond donors (Lipinski definition) is 1. The summed E-state index contributed by atoms with van der Waals surface area (Å²) in [5.74, 6) is -3.86. The van der Waals surface area contributed by atoms with Gasteiger partial charge in [-0.15, -0.1) is 0 Å². The second-order valence-corrected chi connectivity index (χ2v) is 7.83. The minimum Gasteiger partial charge on any atom is -0.483 e. The molecule has 0 saturated heterocycles. The highest BCUT2D eigenvalue weighted by atomic mass is 19.4. The smallest absolute Gasteiger partial charge is 0.422 e. The summed E-state index contributed by atoms with van der Waals surface area (Å²) in [5.41, 5.74) is -1.83. The molecule has 0 amide bonds. The van der Waals surface area contributed by atoms with Crippen LogP contribution < -0.4 is 4.74 Å². The standard InChI is InChI=1S/C21H18F6N2O4/c1-10(2)5-14(19(30)31)12-6-13(11-3-4-15-16(7-11)29-33-28-15)18(21(25,26)27)17(8-12)32-9-20(22,23)24/h3-4,6-8,10,14H,5,9H2,1-2H3,(H,30,31)/t14-/m1/s1. The van der Waals surface area contributed by atoms with Gasteiger partial charge >= 0.3 is 18.3 Å². The number of aliphatic carboxylic acids is 1. The second kappa shape index (κ2) is 8.91. The van der Waals surface area contributed by atoms with Crippen molar-refractivity contribution in [2.75, 3.05) is 6.61 Å². The maximum Gasteiger partial charge on any atom is 0.422 e. The number of benzene rings is 2. The van der Waals surface area contributed by atoms with Crippen molar-refractivity contribution in [3.63, 3.8) is 0 Å². The first kappa shape index (κ1) is 24.3. The molecule has 0 aliphatic heterocycles. The first-order chi connectivity index (χ1) is 15.3. The van der Waals surface area contributed by atoms with E-state index in [0.29, 0.717) is 0 Å². The Hall–Kier alpha value is -3.31. The van der Waals surface area contributed by atoms with Crippen LogP contribution in [0.25, 0.3) is 22.2 Å². The minimum absolute atomic E-state index is 0.0467. The van der Waals surface area contributed by atoms with Gasteiger partial charge in [0.1, 0.15) is 22.3 Å². The van der Waals surface area contributed by atoms with Crippen molar-refractivity contribution < 1.29 is 45.6 Å². The summed E-state index contributed by atoms with van der Waals surface area (Å²) in [6.07, 6.45) is -9.97. The lowest BCUT2D eigenvalue weighted by Gasteiger charge is -2.23. The van der Waals surface area contributed by atoms with Gasteiger partial charge in [-0.2, -0.15) is 26.3 Å². The molecule has 0 bridgehead atoms. The molecular weight excluding hydrogens is 458 g/mol. The molecule has 0 radical (unpaired) electrons. The van der Waals surface area contributed by atoms with Gasteiger partial charge in [0.25, 0.3) is 0 Å². The summed E-state index contributed by atoms with van der Waals surface area (Å²) in [5, 5.41) is 16.8. The lowest BCUT2D eigenvalue weighted by Crippen LogP contribution is -2.22. The van der Waals surface area contributed by atoms with E-state index in [4.69, 9.17) is 0 Å². The molecule has 3 aromatic rings. The van der Waals surface area contributed by atoms with Crippen LogP contribution >= 0.6 is 0 Å². The summed E-state index contributed by atoms with van der Waals surface area (Å²) in [4.78, 5) is 11.9. The minimum atomic E-state index is -5.11. The van der Waals surface area contributed by atoms with Crippen LogP contribution in [0.3, 0.4) is 0 Å². The van der Waals surface area contributed by atoms with Gasteiger partial charge in [-0.1, -0.05) is 19.9 Å². The Labute approximate surface area is 183 Å². The number of fused-ring (bicyclic) bond motifs is 1. The van der Waals surface area contributed by atoms with E-state index in [1.54, 1.807) is 13.8 Å². The predicted octanol–water partition coefficient (Wildman–Crippen LogP) is 6.06. The lowest BCUT2D eigenvalue weighted by molar-refractivity contribution is -0.158. The van der Waals surface area contributed by atoms with Crippen molar-refractivity contribution in [2.24, 2.45) is 5.92 Å². The van der Waals surface area contributed by atoms with Crippen LogP contribution in [0.2, 0.25) is 0 Å². The van der Waals surface area contributed by atoms with E-state index in [-0.39, 0.29) is 34.5 Å². The Kier molecular flexibility index (Phi) is 6.57. The number of rotatable bonds is 7. The molecule has 0 unspecified atom stereocenters. The van der Waals surface area contributed by atoms with E-state index in [9.17, 15) is 36.2 Å². The largest absolute Gasteiger partial charge is 0.483 e. The third-order valence-corrected chi connectivity index (χ3v) is 4.77. The van der Waals surface area contributed by atoms with Gasteiger partial charge in [0.05, 0.1) is 5.92 Å². The molecule has 0 aliphatic carbocycles. The van der Waals surface area contributed by atoms with Gasteiger partial charge in [0.2, 0.25) is 0 Å². The van der Waals surface area contributed by atoms with Crippen LogP contribution in [-0.4, -0.2) is 34.2 Å². The first-order valence-corrected chi connectivity index (χ1v) is 9.66. The summed E-state index contributed by atoms with van der Waals surface area (Å²) >= 11 is 0. The van der Waals surface area contributed by atoms with E-state index in [0.717, 1.165) is 12.1 Å². The second-order valence-electron chi connectivity index (χ2n) is 7.83. The summed E-state index contributed by atoms with van der Waals surface area (Å²) in [7, 11) is 0. The number of aromatic nitrogens is 2. The average Bonchev–Trinajstić information content (AvgIpc) is 3.16. The van der Waals surface area contributed by atoms with Gasteiger partial charge in [-0.05, 0) is 63.6 Å². The monoisotopic (exact) mass is 476 g/mol. The van der Waals surface area contributed by atoms with E-state index in [1.165, 1.54) is 18.2 Å². The highest BCUT2D eigenvalue weighted by Crippen LogP contribution is 2.46. The molecule has 3 rings (SSSR count). The Balaban J connectivity index is 2.29. The number of carboxylic acids is 1. The molecule has 33 heavy (non-hydrogen) atoms. The molecular formula is C21H18F6N2O4. The normalized spacial score (nSPS) is 13.5. The Morgan fingerprint density at radius 3 is 2.30 bits per heavy atom. The molecule has 0 saturated carbocycles. The predicted molar refractivity (Wildman–Crippen MR) is 104 cm³/mol. The van der Waals surface area contributed by atoms with Gasteiger partial charge in [0.15, 0.2) is 6.61 Å². The third-order valence-electron chi connectivity index (χ3n) is 4.77. The zero-order chi connectivity index (χ0) is 24.6. The van der Waals surface area contributed by atoms with Crippen LogP contribution in [0.15, 0.2) is 35.0 Å². The van der Waals surface area contributed by atoms with Crippen LogP contribution in [0.1, 0.15) is 37.3 Å². The zero-order valence-electron chi connectivity index (χ0n) is 17.3. The number of carboxylic acid groups (broad SMARTS) is 1. The Morgan fingerprint density at radius 2 is 1.73 bits per heavy atom. The van der Waals surface area contributed by atoms with Crippen molar-refractivity contribution in [1.82, 2.24) is 10.3 Å². The molecule has 12 heteroatoms. The van der Waals surface area contributed by atoms with Crippen LogP contribution in [0.5, 0.6) is 5.75 Å². The number of halogens is 6. The van der Waals surface area contributed by atoms with E-state index in [2.05, 4.69) is 19.7 Å². The Bertz CT molecular complexity index is 1150.